The molecule has 0 aliphatic heterocycles. The molecular formula is C18H17NOS. The van der Waals surface area contributed by atoms with E-state index in [2.05, 4.69) is 58.5 Å². The van der Waals surface area contributed by atoms with Gasteiger partial charge in [-0.1, -0.05) is 42.5 Å². The molecule has 0 spiro atoms. The quantitative estimate of drug-likeness (QED) is 0.718. The van der Waals surface area contributed by atoms with Crippen molar-refractivity contribution in [2.24, 2.45) is 0 Å². The van der Waals surface area contributed by atoms with Crippen molar-refractivity contribution in [3.8, 4) is 5.75 Å². The Morgan fingerprint density at radius 3 is 2.24 bits per heavy atom. The van der Waals surface area contributed by atoms with E-state index in [1.165, 1.54) is 11.1 Å². The van der Waals surface area contributed by atoms with Gasteiger partial charge in [0, 0.05) is 11.1 Å². The lowest BCUT2D eigenvalue weighted by atomic mass is 9.98. The van der Waals surface area contributed by atoms with Gasteiger partial charge in [0.25, 0.3) is 0 Å². The third-order valence-corrected chi connectivity index (χ3v) is 4.10. The van der Waals surface area contributed by atoms with Crippen molar-refractivity contribution in [2.75, 3.05) is 12.4 Å². The first kappa shape index (κ1) is 13.7. The van der Waals surface area contributed by atoms with Crippen LogP contribution in [-0.2, 0) is 0 Å². The smallest absolute Gasteiger partial charge is 0.118 e. The van der Waals surface area contributed by atoms with Gasteiger partial charge >= 0.3 is 0 Å². The highest BCUT2D eigenvalue weighted by molar-refractivity contribution is 7.08. The zero-order valence-electron chi connectivity index (χ0n) is 11.8. The van der Waals surface area contributed by atoms with Gasteiger partial charge in [0.2, 0.25) is 0 Å². The minimum atomic E-state index is 0.131. The predicted molar refractivity (Wildman–Crippen MR) is 89.2 cm³/mol. The van der Waals surface area contributed by atoms with E-state index >= 15 is 0 Å². The SMILES string of the molecule is COc1ccc(C(Nc2ccsc2)c2ccccc2)cc1. The lowest BCUT2D eigenvalue weighted by Gasteiger charge is -2.20. The summed E-state index contributed by atoms with van der Waals surface area (Å²) in [5.41, 5.74) is 3.60. The van der Waals surface area contributed by atoms with Crippen molar-refractivity contribution in [3.63, 3.8) is 0 Å². The Kier molecular flexibility index (Phi) is 4.22. The number of benzene rings is 2. The van der Waals surface area contributed by atoms with Crippen molar-refractivity contribution in [3.05, 3.63) is 82.6 Å². The van der Waals surface area contributed by atoms with Crippen molar-refractivity contribution >= 4 is 17.0 Å². The van der Waals surface area contributed by atoms with Gasteiger partial charge in [0.05, 0.1) is 13.2 Å². The lowest BCUT2D eigenvalue weighted by Crippen LogP contribution is -2.11. The fourth-order valence-corrected chi connectivity index (χ4v) is 2.91. The summed E-state index contributed by atoms with van der Waals surface area (Å²) < 4.78 is 5.24. The molecule has 0 saturated carbocycles. The maximum Gasteiger partial charge on any atom is 0.118 e. The summed E-state index contributed by atoms with van der Waals surface area (Å²) in [6.07, 6.45) is 0. The lowest BCUT2D eigenvalue weighted by molar-refractivity contribution is 0.414. The molecular weight excluding hydrogens is 278 g/mol. The van der Waals surface area contributed by atoms with E-state index in [0.717, 1.165) is 11.4 Å². The Hall–Kier alpha value is -2.26. The number of ether oxygens (including phenoxy) is 1. The second-order valence-corrected chi connectivity index (χ2v) is 5.55. The molecule has 2 aromatic carbocycles. The largest absolute Gasteiger partial charge is 0.497 e. The minimum Gasteiger partial charge on any atom is -0.497 e. The molecule has 3 heteroatoms. The van der Waals surface area contributed by atoms with Gasteiger partial charge in [0.1, 0.15) is 5.75 Å². The first-order valence-electron chi connectivity index (χ1n) is 6.84. The molecule has 3 rings (SSSR count). The van der Waals surface area contributed by atoms with Crippen LogP contribution in [0.15, 0.2) is 71.4 Å². The molecule has 0 aliphatic rings. The van der Waals surface area contributed by atoms with Crippen LogP contribution in [0.25, 0.3) is 0 Å². The van der Waals surface area contributed by atoms with Gasteiger partial charge in [-0.05, 0) is 34.7 Å². The average Bonchev–Trinajstić information content (AvgIpc) is 3.07. The number of hydrogen-bond donors (Lipinski definition) is 1. The first-order chi connectivity index (χ1) is 10.4. The molecule has 1 N–H and O–H groups in total. The summed E-state index contributed by atoms with van der Waals surface area (Å²) >= 11 is 1.70. The number of rotatable bonds is 5. The van der Waals surface area contributed by atoms with Gasteiger partial charge in [0.15, 0.2) is 0 Å². The molecule has 1 unspecified atom stereocenters. The fourth-order valence-electron chi connectivity index (χ4n) is 2.31. The van der Waals surface area contributed by atoms with Gasteiger partial charge in [-0.25, -0.2) is 0 Å². The number of hydrogen-bond acceptors (Lipinski definition) is 3. The van der Waals surface area contributed by atoms with E-state index in [0.29, 0.717) is 0 Å². The molecule has 0 saturated heterocycles. The second-order valence-electron chi connectivity index (χ2n) is 4.77. The van der Waals surface area contributed by atoms with Crippen LogP contribution >= 0.6 is 11.3 Å². The van der Waals surface area contributed by atoms with E-state index < -0.39 is 0 Å². The van der Waals surface area contributed by atoms with Gasteiger partial charge in [-0.15, -0.1) is 0 Å². The molecule has 3 aromatic rings. The highest BCUT2D eigenvalue weighted by Crippen LogP contribution is 2.28. The Labute approximate surface area is 129 Å². The third-order valence-electron chi connectivity index (χ3n) is 3.41. The Bertz CT molecular complexity index is 662. The molecule has 0 amide bonds. The molecule has 0 aliphatic carbocycles. The van der Waals surface area contributed by atoms with E-state index in [9.17, 15) is 0 Å². The molecule has 1 aromatic heterocycles. The molecule has 106 valence electrons. The normalized spacial score (nSPS) is 11.9. The number of anilines is 1. The van der Waals surface area contributed by atoms with E-state index in [1.807, 2.05) is 18.2 Å². The fraction of sp³-hybridized carbons (Fsp3) is 0.111. The number of methoxy groups -OCH3 is 1. The molecule has 0 bridgehead atoms. The molecule has 1 heterocycles. The van der Waals surface area contributed by atoms with Crippen molar-refractivity contribution in [1.82, 2.24) is 0 Å². The van der Waals surface area contributed by atoms with Gasteiger partial charge in [-0.3, -0.25) is 0 Å². The van der Waals surface area contributed by atoms with Gasteiger partial charge < -0.3 is 10.1 Å². The van der Waals surface area contributed by atoms with Crippen LogP contribution in [0.2, 0.25) is 0 Å². The second kappa shape index (κ2) is 6.46. The summed E-state index contributed by atoms with van der Waals surface area (Å²) in [6, 6.07) is 20.9. The van der Waals surface area contributed by atoms with Crippen LogP contribution in [0.3, 0.4) is 0 Å². The summed E-state index contributed by atoms with van der Waals surface area (Å²) in [5.74, 6) is 0.876. The molecule has 0 fully saturated rings. The first-order valence-corrected chi connectivity index (χ1v) is 7.79. The summed E-state index contributed by atoms with van der Waals surface area (Å²) in [4.78, 5) is 0. The van der Waals surface area contributed by atoms with Crippen molar-refractivity contribution < 1.29 is 4.74 Å². The number of nitrogens with one attached hydrogen (secondary N) is 1. The zero-order valence-corrected chi connectivity index (χ0v) is 12.6. The maximum atomic E-state index is 5.24. The van der Waals surface area contributed by atoms with Crippen molar-refractivity contribution in [1.29, 1.82) is 0 Å². The monoisotopic (exact) mass is 295 g/mol. The van der Waals surface area contributed by atoms with Crippen LogP contribution in [0.5, 0.6) is 5.75 Å². The summed E-state index contributed by atoms with van der Waals surface area (Å²) in [6.45, 7) is 0. The molecule has 21 heavy (non-hydrogen) atoms. The molecule has 0 radical (unpaired) electrons. The summed E-state index contributed by atoms with van der Waals surface area (Å²) in [5, 5.41) is 7.80. The van der Waals surface area contributed by atoms with Crippen LogP contribution < -0.4 is 10.1 Å². The van der Waals surface area contributed by atoms with Crippen molar-refractivity contribution in [2.45, 2.75) is 6.04 Å². The summed E-state index contributed by atoms with van der Waals surface area (Å²) in [7, 11) is 1.69. The Balaban J connectivity index is 1.94. The molecule has 1 atom stereocenters. The van der Waals surface area contributed by atoms with E-state index in [1.54, 1.807) is 18.4 Å². The molecule has 2 nitrogen and oxygen atoms in total. The van der Waals surface area contributed by atoms with E-state index in [4.69, 9.17) is 4.74 Å². The minimum absolute atomic E-state index is 0.131. The maximum absolute atomic E-state index is 5.24. The predicted octanol–water partition coefficient (Wildman–Crippen LogP) is 4.96. The van der Waals surface area contributed by atoms with Crippen LogP contribution in [0.4, 0.5) is 5.69 Å². The Morgan fingerprint density at radius 2 is 1.62 bits per heavy atom. The average molecular weight is 295 g/mol. The van der Waals surface area contributed by atoms with Crippen LogP contribution in [0.1, 0.15) is 17.2 Å². The standard InChI is InChI=1S/C18H17NOS/c1-20-17-9-7-15(8-10-17)18(14-5-3-2-4-6-14)19-16-11-12-21-13-16/h2-13,18-19H,1H3. The highest BCUT2D eigenvalue weighted by atomic mass is 32.1. The van der Waals surface area contributed by atoms with E-state index in [-0.39, 0.29) is 6.04 Å². The van der Waals surface area contributed by atoms with Gasteiger partial charge in [-0.2, -0.15) is 11.3 Å². The van der Waals surface area contributed by atoms with Crippen LogP contribution in [0, 0.1) is 0 Å². The van der Waals surface area contributed by atoms with Crippen LogP contribution in [-0.4, -0.2) is 7.11 Å². The zero-order chi connectivity index (χ0) is 14.5. The number of thiophene rings is 1. The third kappa shape index (κ3) is 3.26. The Morgan fingerprint density at radius 1 is 0.905 bits per heavy atom. The topological polar surface area (TPSA) is 21.3 Å². The highest BCUT2D eigenvalue weighted by Gasteiger charge is 2.14.